The Morgan fingerprint density at radius 1 is 1.19 bits per heavy atom. The SMILES string of the molecule is CC(c1ccc(F)cc1)N1CCC(N2CCNC2=O)CC1. The summed E-state index contributed by atoms with van der Waals surface area (Å²) < 4.78 is 13.0. The smallest absolute Gasteiger partial charge is 0.317 e. The third-order valence-corrected chi connectivity index (χ3v) is 4.73. The lowest BCUT2D eigenvalue weighted by molar-refractivity contribution is 0.111. The predicted molar refractivity (Wildman–Crippen MR) is 79.5 cm³/mol. The Bertz CT molecular complexity index is 497. The van der Waals surface area contributed by atoms with Gasteiger partial charge in [-0.15, -0.1) is 0 Å². The highest BCUT2D eigenvalue weighted by Gasteiger charge is 2.31. The number of carbonyl (C=O) groups is 1. The number of nitrogens with one attached hydrogen (secondary N) is 1. The van der Waals surface area contributed by atoms with Gasteiger partial charge in [0.05, 0.1) is 0 Å². The molecule has 21 heavy (non-hydrogen) atoms. The van der Waals surface area contributed by atoms with E-state index in [1.54, 1.807) is 0 Å². The van der Waals surface area contributed by atoms with Crippen LogP contribution in [-0.4, -0.2) is 48.1 Å². The minimum absolute atomic E-state index is 0.0834. The molecule has 0 aliphatic carbocycles. The van der Waals surface area contributed by atoms with Crippen molar-refractivity contribution in [3.05, 3.63) is 35.6 Å². The molecule has 2 heterocycles. The second-order valence-corrected chi connectivity index (χ2v) is 5.92. The molecule has 1 atom stereocenters. The Kier molecular flexibility index (Phi) is 4.10. The van der Waals surface area contributed by atoms with Crippen LogP contribution in [0.3, 0.4) is 0 Å². The normalized spacial score (nSPS) is 22.4. The molecule has 2 fully saturated rings. The van der Waals surface area contributed by atoms with Crippen LogP contribution in [0.25, 0.3) is 0 Å². The minimum atomic E-state index is -0.190. The molecule has 2 aliphatic heterocycles. The number of hydrogen-bond donors (Lipinski definition) is 1. The van der Waals surface area contributed by atoms with E-state index >= 15 is 0 Å². The fourth-order valence-electron chi connectivity index (χ4n) is 3.37. The molecule has 1 N–H and O–H groups in total. The van der Waals surface area contributed by atoms with Gasteiger partial charge in [-0.05, 0) is 37.5 Å². The molecule has 1 aromatic rings. The van der Waals surface area contributed by atoms with Gasteiger partial charge in [0.25, 0.3) is 0 Å². The van der Waals surface area contributed by atoms with Gasteiger partial charge in [0.2, 0.25) is 0 Å². The maximum absolute atomic E-state index is 13.0. The number of carbonyl (C=O) groups excluding carboxylic acids is 1. The van der Waals surface area contributed by atoms with E-state index in [4.69, 9.17) is 0 Å². The van der Waals surface area contributed by atoms with Crippen molar-refractivity contribution in [2.45, 2.75) is 31.8 Å². The summed E-state index contributed by atoms with van der Waals surface area (Å²) in [4.78, 5) is 16.1. The van der Waals surface area contributed by atoms with Crippen molar-refractivity contribution >= 4 is 6.03 Å². The van der Waals surface area contributed by atoms with Crippen LogP contribution in [0.2, 0.25) is 0 Å². The highest BCUT2D eigenvalue weighted by atomic mass is 19.1. The second-order valence-electron chi connectivity index (χ2n) is 5.92. The molecule has 5 heteroatoms. The first-order valence-electron chi connectivity index (χ1n) is 7.69. The first-order valence-corrected chi connectivity index (χ1v) is 7.69. The average molecular weight is 291 g/mol. The van der Waals surface area contributed by atoms with Crippen LogP contribution in [-0.2, 0) is 0 Å². The summed E-state index contributed by atoms with van der Waals surface area (Å²) in [6.45, 7) is 5.72. The first-order chi connectivity index (χ1) is 10.1. The van der Waals surface area contributed by atoms with Crippen LogP contribution in [0.4, 0.5) is 9.18 Å². The van der Waals surface area contributed by atoms with Gasteiger partial charge in [0.1, 0.15) is 5.82 Å². The highest BCUT2D eigenvalue weighted by Crippen LogP contribution is 2.26. The fraction of sp³-hybridized carbons (Fsp3) is 0.562. The molecule has 3 rings (SSSR count). The Balaban J connectivity index is 1.57. The molecule has 2 saturated heterocycles. The molecule has 2 aliphatic rings. The van der Waals surface area contributed by atoms with Crippen LogP contribution >= 0.6 is 0 Å². The molecule has 0 aromatic heterocycles. The Labute approximate surface area is 124 Å². The first kappa shape index (κ1) is 14.3. The maximum Gasteiger partial charge on any atom is 0.317 e. The molecule has 0 bridgehead atoms. The van der Waals surface area contributed by atoms with Gasteiger partial charge in [-0.2, -0.15) is 0 Å². The zero-order valence-corrected chi connectivity index (χ0v) is 12.4. The molecule has 114 valence electrons. The second kappa shape index (κ2) is 6.02. The molecular weight excluding hydrogens is 269 g/mol. The lowest BCUT2D eigenvalue weighted by Crippen LogP contribution is -2.46. The number of likely N-dealkylation sites (tertiary alicyclic amines) is 1. The summed E-state index contributed by atoms with van der Waals surface area (Å²) in [5, 5.41) is 2.87. The summed E-state index contributed by atoms with van der Waals surface area (Å²) in [5.74, 6) is -0.190. The van der Waals surface area contributed by atoms with E-state index in [-0.39, 0.29) is 11.8 Å². The number of halogens is 1. The van der Waals surface area contributed by atoms with Crippen molar-refractivity contribution in [3.8, 4) is 0 Å². The molecule has 1 aromatic carbocycles. The van der Waals surface area contributed by atoms with E-state index in [0.29, 0.717) is 12.1 Å². The lowest BCUT2D eigenvalue weighted by atomic mass is 9.99. The van der Waals surface area contributed by atoms with E-state index in [1.807, 2.05) is 17.0 Å². The van der Waals surface area contributed by atoms with Crippen molar-refractivity contribution in [2.75, 3.05) is 26.2 Å². The molecule has 1 unspecified atom stereocenters. The van der Waals surface area contributed by atoms with Gasteiger partial charge in [0, 0.05) is 38.3 Å². The quantitative estimate of drug-likeness (QED) is 0.928. The van der Waals surface area contributed by atoms with Crippen molar-refractivity contribution in [1.82, 2.24) is 15.1 Å². The zero-order valence-electron chi connectivity index (χ0n) is 12.4. The van der Waals surface area contributed by atoms with Crippen molar-refractivity contribution in [1.29, 1.82) is 0 Å². The number of benzene rings is 1. The Morgan fingerprint density at radius 3 is 2.43 bits per heavy atom. The van der Waals surface area contributed by atoms with E-state index in [2.05, 4.69) is 17.1 Å². The van der Waals surface area contributed by atoms with Gasteiger partial charge in [0.15, 0.2) is 0 Å². The van der Waals surface area contributed by atoms with Gasteiger partial charge >= 0.3 is 6.03 Å². The highest BCUT2D eigenvalue weighted by molar-refractivity contribution is 5.76. The van der Waals surface area contributed by atoms with Crippen LogP contribution < -0.4 is 5.32 Å². The zero-order chi connectivity index (χ0) is 14.8. The molecular formula is C16H22FN3O. The fourth-order valence-corrected chi connectivity index (χ4v) is 3.37. The van der Waals surface area contributed by atoms with Crippen LogP contribution in [0.15, 0.2) is 24.3 Å². The van der Waals surface area contributed by atoms with E-state index in [0.717, 1.165) is 44.6 Å². The van der Waals surface area contributed by atoms with Gasteiger partial charge in [-0.3, -0.25) is 4.90 Å². The van der Waals surface area contributed by atoms with E-state index < -0.39 is 0 Å². The van der Waals surface area contributed by atoms with Crippen LogP contribution in [0.5, 0.6) is 0 Å². The average Bonchev–Trinajstić information content (AvgIpc) is 2.94. The summed E-state index contributed by atoms with van der Waals surface area (Å²) >= 11 is 0. The summed E-state index contributed by atoms with van der Waals surface area (Å²) in [5.41, 5.74) is 1.15. The van der Waals surface area contributed by atoms with E-state index in [9.17, 15) is 9.18 Å². The summed E-state index contributed by atoms with van der Waals surface area (Å²) in [6.07, 6.45) is 2.03. The maximum atomic E-state index is 13.0. The number of urea groups is 1. The largest absolute Gasteiger partial charge is 0.336 e. The van der Waals surface area contributed by atoms with Crippen LogP contribution in [0.1, 0.15) is 31.4 Å². The topological polar surface area (TPSA) is 35.6 Å². The molecule has 0 saturated carbocycles. The van der Waals surface area contributed by atoms with Crippen molar-refractivity contribution in [3.63, 3.8) is 0 Å². The molecule has 0 radical (unpaired) electrons. The Hall–Kier alpha value is -1.62. The minimum Gasteiger partial charge on any atom is -0.336 e. The van der Waals surface area contributed by atoms with Gasteiger partial charge in [-0.25, -0.2) is 9.18 Å². The lowest BCUT2D eigenvalue weighted by Gasteiger charge is -2.39. The Morgan fingerprint density at radius 2 is 1.86 bits per heavy atom. The van der Waals surface area contributed by atoms with Gasteiger partial charge in [-0.1, -0.05) is 12.1 Å². The number of amides is 2. The number of nitrogens with zero attached hydrogens (tertiary/aromatic N) is 2. The van der Waals surface area contributed by atoms with Gasteiger partial charge < -0.3 is 10.2 Å². The summed E-state index contributed by atoms with van der Waals surface area (Å²) in [7, 11) is 0. The third-order valence-electron chi connectivity index (χ3n) is 4.73. The predicted octanol–water partition coefficient (Wildman–Crippen LogP) is 2.38. The van der Waals surface area contributed by atoms with E-state index in [1.165, 1.54) is 12.1 Å². The standard InChI is InChI=1S/C16H22FN3O/c1-12(13-2-4-14(17)5-3-13)19-9-6-15(7-10-19)20-11-8-18-16(20)21/h2-5,12,15H,6-11H2,1H3,(H,18,21). The number of hydrogen-bond acceptors (Lipinski definition) is 2. The number of piperidine rings is 1. The summed E-state index contributed by atoms with van der Waals surface area (Å²) in [6, 6.07) is 7.50. The molecule has 0 spiro atoms. The monoisotopic (exact) mass is 291 g/mol. The number of rotatable bonds is 3. The van der Waals surface area contributed by atoms with Crippen molar-refractivity contribution in [2.24, 2.45) is 0 Å². The third kappa shape index (κ3) is 3.02. The van der Waals surface area contributed by atoms with Crippen molar-refractivity contribution < 1.29 is 9.18 Å². The molecule has 2 amide bonds. The molecule has 4 nitrogen and oxygen atoms in total. The van der Waals surface area contributed by atoms with Crippen LogP contribution in [0, 0.1) is 5.82 Å².